The van der Waals surface area contributed by atoms with Crippen molar-refractivity contribution in [2.75, 3.05) is 24.2 Å². The zero-order valence-electron chi connectivity index (χ0n) is 14.7. The summed E-state index contributed by atoms with van der Waals surface area (Å²) in [6.07, 6.45) is 1.62. The van der Waals surface area contributed by atoms with E-state index in [0.29, 0.717) is 21.6 Å². The Kier molecular flexibility index (Phi) is 6.97. The van der Waals surface area contributed by atoms with E-state index in [4.69, 9.17) is 23.2 Å². The average Bonchev–Trinajstić information content (AvgIpc) is 2.57. The fourth-order valence-corrected chi connectivity index (χ4v) is 2.52. The highest BCUT2D eigenvalue weighted by Gasteiger charge is 2.21. The number of anilines is 2. The Labute approximate surface area is 162 Å². The Hall–Kier alpha value is -2.15. The summed E-state index contributed by atoms with van der Waals surface area (Å²) in [5.41, 5.74) is 1.42. The first-order valence-electron chi connectivity index (χ1n) is 7.95. The van der Waals surface area contributed by atoms with Crippen molar-refractivity contribution < 1.29 is 9.59 Å². The van der Waals surface area contributed by atoms with Crippen molar-refractivity contribution in [3.05, 3.63) is 52.1 Å². The van der Waals surface area contributed by atoms with E-state index in [1.54, 1.807) is 49.3 Å². The highest BCUT2D eigenvalue weighted by atomic mass is 35.5. The quantitative estimate of drug-likeness (QED) is 0.784. The number of amides is 2. The van der Waals surface area contributed by atoms with E-state index in [1.165, 1.54) is 0 Å². The fraction of sp³-hybridized carbons (Fsp3) is 0.278. The number of hydrogen-bond acceptors (Lipinski definition) is 4. The summed E-state index contributed by atoms with van der Waals surface area (Å²) >= 11 is 12.0. The highest BCUT2D eigenvalue weighted by Crippen LogP contribution is 2.25. The van der Waals surface area contributed by atoms with Crippen LogP contribution in [0.4, 0.5) is 11.5 Å². The molecular formula is C18H20Cl2N4O2. The van der Waals surface area contributed by atoms with Crippen LogP contribution in [0.5, 0.6) is 0 Å². The second-order valence-electron chi connectivity index (χ2n) is 5.97. The molecule has 2 rings (SSSR count). The first kappa shape index (κ1) is 20.2. The molecule has 8 heteroatoms. The van der Waals surface area contributed by atoms with Gasteiger partial charge in [0.2, 0.25) is 11.8 Å². The molecule has 0 aliphatic heterocycles. The fourth-order valence-electron chi connectivity index (χ4n) is 2.18. The average molecular weight is 395 g/mol. The number of pyridine rings is 1. The molecule has 26 heavy (non-hydrogen) atoms. The first-order chi connectivity index (χ1) is 12.3. The SMILES string of the molecule is Cc1ccnc(NC(=O)CN(C)C(C)C(=O)Nc2cc(Cl)ccc2Cl)c1. The van der Waals surface area contributed by atoms with E-state index in [1.807, 2.05) is 13.0 Å². The Morgan fingerprint density at radius 2 is 1.92 bits per heavy atom. The van der Waals surface area contributed by atoms with E-state index in [2.05, 4.69) is 15.6 Å². The van der Waals surface area contributed by atoms with E-state index in [9.17, 15) is 9.59 Å². The molecule has 1 atom stereocenters. The first-order valence-corrected chi connectivity index (χ1v) is 8.70. The molecule has 0 radical (unpaired) electrons. The lowest BCUT2D eigenvalue weighted by Crippen LogP contribution is -2.43. The molecule has 0 saturated heterocycles. The number of benzene rings is 1. The van der Waals surface area contributed by atoms with Crippen LogP contribution in [0.3, 0.4) is 0 Å². The molecule has 138 valence electrons. The van der Waals surface area contributed by atoms with E-state index < -0.39 is 6.04 Å². The van der Waals surface area contributed by atoms with Gasteiger partial charge in [-0.25, -0.2) is 4.98 Å². The molecule has 1 unspecified atom stereocenters. The number of likely N-dealkylation sites (N-methyl/N-ethyl adjacent to an activating group) is 1. The molecule has 2 amide bonds. The smallest absolute Gasteiger partial charge is 0.241 e. The molecular weight excluding hydrogens is 375 g/mol. The van der Waals surface area contributed by atoms with Gasteiger partial charge in [0, 0.05) is 11.2 Å². The molecule has 0 fully saturated rings. The van der Waals surface area contributed by atoms with Gasteiger partial charge in [-0.15, -0.1) is 0 Å². The Morgan fingerprint density at radius 1 is 1.19 bits per heavy atom. The van der Waals surface area contributed by atoms with Crippen molar-refractivity contribution in [1.29, 1.82) is 0 Å². The van der Waals surface area contributed by atoms with Crippen LogP contribution >= 0.6 is 23.2 Å². The van der Waals surface area contributed by atoms with Crippen LogP contribution in [0.15, 0.2) is 36.5 Å². The Bertz CT molecular complexity index is 814. The van der Waals surface area contributed by atoms with Gasteiger partial charge in [0.1, 0.15) is 5.82 Å². The van der Waals surface area contributed by atoms with Crippen LogP contribution in [-0.2, 0) is 9.59 Å². The lowest BCUT2D eigenvalue weighted by molar-refractivity contribution is -0.122. The molecule has 6 nitrogen and oxygen atoms in total. The van der Waals surface area contributed by atoms with Crippen LogP contribution in [-0.4, -0.2) is 41.3 Å². The second kappa shape index (κ2) is 8.98. The van der Waals surface area contributed by atoms with Crippen LogP contribution in [0, 0.1) is 6.92 Å². The van der Waals surface area contributed by atoms with Gasteiger partial charge in [-0.1, -0.05) is 23.2 Å². The monoisotopic (exact) mass is 394 g/mol. The molecule has 0 aliphatic rings. The van der Waals surface area contributed by atoms with E-state index in [0.717, 1.165) is 5.56 Å². The number of halogens is 2. The number of aryl methyl sites for hydroxylation is 1. The van der Waals surface area contributed by atoms with Crippen molar-refractivity contribution in [2.45, 2.75) is 19.9 Å². The standard InChI is InChI=1S/C18H20Cl2N4O2/c1-11-6-7-21-16(8-11)23-17(25)10-24(3)12(2)18(26)22-15-9-13(19)4-5-14(15)20/h4-9,12H,10H2,1-3H3,(H,22,26)(H,21,23,25). The number of carbonyl (C=O) groups excluding carboxylic acids is 2. The maximum Gasteiger partial charge on any atom is 0.241 e. The number of carbonyl (C=O) groups is 2. The van der Waals surface area contributed by atoms with Crippen LogP contribution in [0.25, 0.3) is 0 Å². The molecule has 0 bridgehead atoms. The molecule has 0 saturated carbocycles. The Balaban J connectivity index is 1.93. The summed E-state index contributed by atoms with van der Waals surface area (Å²) in [5.74, 6) is -0.0737. The van der Waals surface area contributed by atoms with Gasteiger partial charge in [-0.2, -0.15) is 0 Å². The third kappa shape index (κ3) is 5.69. The number of nitrogens with zero attached hydrogens (tertiary/aromatic N) is 2. The predicted octanol–water partition coefficient (Wildman–Crippen LogP) is 3.59. The summed E-state index contributed by atoms with van der Waals surface area (Å²) in [7, 11) is 1.69. The van der Waals surface area contributed by atoms with E-state index >= 15 is 0 Å². The minimum atomic E-state index is -0.554. The van der Waals surface area contributed by atoms with Gasteiger partial charge in [-0.05, 0) is 56.8 Å². The number of nitrogens with one attached hydrogen (secondary N) is 2. The van der Waals surface area contributed by atoms with Crippen molar-refractivity contribution in [1.82, 2.24) is 9.88 Å². The second-order valence-corrected chi connectivity index (χ2v) is 6.81. The maximum absolute atomic E-state index is 12.4. The lowest BCUT2D eigenvalue weighted by atomic mass is 10.2. The lowest BCUT2D eigenvalue weighted by Gasteiger charge is -2.23. The van der Waals surface area contributed by atoms with Crippen molar-refractivity contribution in [3.63, 3.8) is 0 Å². The summed E-state index contributed by atoms with van der Waals surface area (Å²) in [6.45, 7) is 3.65. The zero-order valence-corrected chi connectivity index (χ0v) is 16.2. The summed E-state index contributed by atoms with van der Waals surface area (Å²) in [4.78, 5) is 30.3. The molecule has 2 N–H and O–H groups in total. The minimum absolute atomic E-state index is 0.0352. The summed E-state index contributed by atoms with van der Waals surface area (Å²) in [6, 6.07) is 7.88. The molecule has 0 spiro atoms. The minimum Gasteiger partial charge on any atom is -0.323 e. The van der Waals surface area contributed by atoms with Crippen molar-refractivity contribution in [3.8, 4) is 0 Å². The highest BCUT2D eigenvalue weighted by molar-refractivity contribution is 6.35. The zero-order chi connectivity index (χ0) is 19.3. The van der Waals surface area contributed by atoms with Gasteiger partial charge in [0.05, 0.1) is 23.3 Å². The molecule has 1 aromatic heterocycles. The topological polar surface area (TPSA) is 74.3 Å². The number of rotatable bonds is 6. The maximum atomic E-state index is 12.4. The van der Waals surface area contributed by atoms with Crippen LogP contribution in [0.1, 0.15) is 12.5 Å². The molecule has 0 aliphatic carbocycles. The van der Waals surface area contributed by atoms with Gasteiger partial charge in [0.25, 0.3) is 0 Å². The summed E-state index contributed by atoms with van der Waals surface area (Å²) < 4.78 is 0. The van der Waals surface area contributed by atoms with Crippen LogP contribution < -0.4 is 10.6 Å². The van der Waals surface area contributed by atoms with Crippen molar-refractivity contribution in [2.24, 2.45) is 0 Å². The molecule has 2 aromatic rings. The van der Waals surface area contributed by atoms with E-state index in [-0.39, 0.29) is 18.4 Å². The normalized spacial score (nSPS) is 11.9. The molecule has 1 heterocycles. The third-order valence-corrected chi connectivity index (χ3v) is 4.37. The summed E-state index contributed by atoms with van der Waals surface area (Å²) in [5, 5.41) is 6.29. The predicted molar refractivity (Wildman–Crippen MR) is 105 cm³/mol. The number of aromatic nitrogens is 1. The molecule has 1 aromatic carbocycles. The largest absolute Gasteiger partial charge is 0.323 e. The van der Waals surface area contributed by atoms with Gasteiger partial charge < -0.3 is 10.6 Å². The Morgan fingerprint density at radius 3 is 2.62 bits per heavy atom. The van der Waals surface area contributed by atoms with Crippen molar-refractivity contribution >= 4 is 46.5 Å². The van der Waals surface area contributed by atoms with Gasteiger partial charge in [0.15, 0.2) is 0 Å². The van der Waals surface area contributed by atoms with Crippen LogP contribution in [0.2, 0.25) is 10.0 Å². The van der Waals surface area contributed by atoms with Gasteiger partial charge >= 0.3 is 0 Å². The number of hydrogen-bond donors (Lipinski definition) is 2. The van der Waals surface area contributed by atoms with Gasteiger partial charge in [-0.3, -0.25) is 14.5 Å². The third-order valence-electron chi connectivity index (χ3n) is 3.80.